The average Bonchev–Trinajstić information content (AvgIpc) is 2.23. The monoisotopic (exact) mass is 273 g/mol. The van der Waals surface area contributed by atoms with Crippen LogP contribution >= 0.6 is 15.9 Å². The zero-order valence-electron chi connectivity index (χ0n) is 9.22. The number of methoxy groups -OCH3 is 1. The Hall–Kier alpha value is -0.740. The molecule has 0 bridgehead atoms. The second kappa shape index (κ2) is 5.37. The summed E-state index contributed by atoms with van der Waals surface area (Å²) >= 11 is 3.48. The van der Waals surface area contributed by atoms with Crippen molar-refractivity contribution in [2.45, 2.75) is 13.3 Å². The molecule has 0 saturated heterocycles. The van der Waals surface area contributed by atoms with Crippen LogP contribution in [-0.4, -0.2) is 25.8 Å². The Morgan fingerprint density at radius 1 is 1.53 bits per heavy atom. The molecule has 1 rings (SSSR count). The maximum Gasteiger partial charge on any atom is 0.162 e. The molecule has 1 aromatic rings. The van der Waals surface area contributed by atoms with Crippen LogP contribution in [0.2, 0.25) is 0 Å². The summed E-state index contributed by atoms with van der Waals surface area (Å²) in [5.74, 6) is 0.757. The van der Waals surface area contributed by atoms with Crippen LogP contribution in [0.25, 0.3) is 0 Å². The highest BCUT2D eigenvalue weighted by Crippen LogP contribution is 2.37. The molecule has 0 saturated carbocycles. The van der Waals surface area contributed by atoms with E-state index in [4.69, 9.17) is 4.74 Å². The molecule has 0 unspecified atom stereocenters. The van der Waals surface area contributed by atoms with Gasteiger partial charge in [-0.3, -0.25) is 0 Å². The lowest BCUT2D eigenvalue weighted by atomic mass is 10.1. The predicted molar refractivity (Wildman–Crippen MR) is 64.7 cm³/mol. The third-order valence-corrected chi connectivity index (χ3v) is 3.43. The number of halogens is 1. The highest BCUT2D eigenvalue weighted by molar-refractivity contribution is 9.10. The van der Waals surface area contributed by atoms with E-state index in [2.05, 4.69) is 21.2 Å². The number of hydrogen-bond donors (Lipinski definition) is 2. The van der Waals surface area contributed by atoms with Gasteiger partial charge in [-0.05, 0) is 38.6 Å². The van der Waals surface area contributed by atoms with Crippen LogP contribution in [0.4, 0.5) is 0 Å². The Balaban J connectivity index is 3.15. The topological polar surface area (TPSA) is 41.5 Å². The normalized spacial score (nSPS) is 10.4. The highest BCUT2D eigenvalue weighted by atomic mass is 79.9. The van der Waals surface area contributed by atoms with Gasteiger partial charge in [0.05, 0.1) is 7.11 Å². The van der Waals surface area contributed by atoms with Crippen molar-refractivity contribution < 1.29 is 9.84 Å². The predicted octanol–water partition coefficient (Wildman–Crippen LogP) is 2.23. The average molecular weight is 274 g/mol. The fourth-order valence-corrected chi connectivity index (χ4v) is 1.95. The molecular weight excluding hydrogens is 258 g/mol. The van der Waals surface area contributed by atoms with Crippen LogP contribution in [0, 0.1) is 6.92 Å². The zero-order valence-corrected chi connectivity index (χ0v) is 10.8. The van der Waals surface area contributed by atoms with E-state index in [-0.39, 0.29) is 5.75 Å². The Morgan fingerprint density at radius 3 is 2.73 bits per heavy atom. The molecule has 15 heavy (non-hydrogen) atoms. The van der Waals surface area contributed by atoms with Crippen molar-refractivity contribution in [2.75, 3.05) is 20.7 Å². The smallest absolute Gasteiger partial charge is 0.162 e. The van der Waals surface area contributed by atoms with Crippen LogP contribution in [0.3, 0.4) is 0 Å². The van der Waals surface area contributed by atoms with Crippen molar-refractivity contribution >= 4 is 15.9 Å². The van der Waals surface area contributed by atoms with Crippen LogP contribution in [0.1, 0.15) is 11.1 Å². The SMILES string of the molecule is CNCCc1c(O)c(OC)cc(C)c1Br. The van der Waals surface area contributed by atoms with E-state index >= 15 is 0 Å². The van der Waals surface area contributed by atoms with Gasteiger partial charge in [-0.15, -0.1) is 0 Å². The van der Waals surface area contributed by atoms with Gasteiger partial charge in [-0.2, -0.15) is 0 Å². The molecule has 0 aliphatic carbocycles. The molecule has 0 heterocycles. The molecule has 3 nitrogen and oxygen atoms in total. The number of benzene rings is 1. The Labute approximate surface area is 98.6 Å². The van der Waals surface area contributed by atoms with Gasteiger partial charge >= 0.3 is 0 Å². The lowest BCUT2D eigenvalue weighted by Crippen LogP contribution is -2.11. The number of rotatable bonds is 4. The van der Waals surface area contributed by atoms with Crippen molar-refractivity contribution in [1.82, 2.24) is 5.32 Å². The van der Waals surface area contributed by atoms with E-state index in [9.17, 15) is 5.11 Å². The van der Waals surface area contributed by atoms with E-state index in [0.717, 1.165) is 28.6 Å². The van der Waals surface area contributed by atoms with Crippen molar-refractivity contribution in [3.63, 3.8) is 0 Å². The molecule has 84 valence electrons. The van der Waals surface area contributed by atoms with Gasteiger partial charge in [0, 0.05) is 10.0 Å². The Morgan fingerprint density at radius 2 is 2.20 bits per heavy atom. The van der Waals surface area contributed by atoms with Crippen LogP contribution in [-0.2, 0) is 6.42 Å². The fourth-order valence-electron chi connectivity index (χ4n) is 1.45. The number of ether oxygens (including phenoxy) is 1. The number of nitrogens with one attached hydrogen (secondary N) is 1. The fraction of sp³-hybridized carbons (Fsp3) is 0.455. The highest BCUT2D eigenvalue weighted by Gasteiger charge is 2.13. The van der Waals surface area contributed by atoms with Gasteiger partial charge < -0.3 is 15.2 Å². The number of phenolic OH excluding ortho intramolecular Hbond substituents is 1. The number of hydrogen-bond acceptors (Lipinski definition) is 3. The first-order valence-electron chi connectivity index (χ1n) is 4.81. The largest absolute Gasteiger partial charge is 0.504 e. The van der Waals surface area contributed by atoms with Gasteiger partial charge in [-0.1, -0.05) is 15.9 Å². The van der Waals surface area contributed by atoms with Gasteiger partial charge in [0.25, 0.3) is 0 Å². The third kappa shape index (κ3) is 2.63. The lowest BCUT2D eigenvalue weighted by molar-refractivity contribution is 0.369. The molecule has 0 amide bonds. The summed E-state index contributed by atoms with van der Waals surface area (Å²) in [4.78, 5) is 0. The summed E-state index contributed by atoms with van der Waals surface area (Å²) < 4.78 is 6.06. The third-order valence-electron chi connectivity index (χ3n) is 2.32. The molecule has 0 fully saturated rings. The number of likely N-dealkylation sites (N-methyl/N-ethyl adjacent to an activating group) is 1. The number of aromatic hydroxyl groups is 1. The summed E-state index contributed by atoms with van der Waals surface area (Å²) in [6, 6.07) is 1.82. The Bertz CT molecular complexity index is 353. The van der Waals surface area contributed by atoms with Crippen LogP contribution < -0.4 is 10.1 Å². The lowest BCUT2D eigenvalue weighted by Gasteiger charge is -2.13. The van der Waals surface area contributed by atoms with Crippen molar-refractivity contribution in [2.24, 2.45) is 0 Å². The molecule has 0 aliphatic rings. The van der Waals surface area contributed by atoms with Crippen LogP contribution in [0.15, 0.2) is 10.5 Å². The minimum absolute atomic E-state index is 0.227. The summed E-state index contributed by atoms with van der Waals surface area (Å²) in [5.41, 5.74) is 1.96. The van der Waals surface area contributed by atoms with E-state index in [1.54, 1.807) is 7.11 Å². The molecule has 0 aromatic heterocycles. The molecule has 0 radical (unpaired) electrons. The summed E-state index contributed by atoms with van der Waals surface area (Å²) in [6.45, 7) is 2.80. The number of phenols is 1. The van der Waals surface area contributed by atoms with Gasteiger partial charge in [0.2, 0.25) is 0 Å². The summed E-state index contributed by atoms with van der Waals surface area (Å²) in [6.07, 6.45) is 0.765. The molecule has 0 spiro atoms. The molecule has 0 aliphatic heterocycles. The standard InChI is InChI=1S/C11H16BrNO2/c1-7-6-9(15-3)11(14)8(10(7)12)4-5-13-2/h6,13-14H,4-5H2,1-3H3. The maximum absolute atomic E-state index is 9.94. The van der Waals surface area contributed by atoms with E-state index in [1.807, 2.05) is 20.0 Å². The first-order valence-corrected chi connectivity index (χ1v) is 5.60. The first kappa shape index (κ1) is 12.3. The molecule has 0 atom stereocenters. The zero-order chi connectivity index (χ0) is 11.4. The number of aryl methyl sites for hydroxylation is 1. The van der Waals surface area contributed by atoms with E-state index in [1.165, 1.54) is 0 Å². The van der Waals surface area contributed by atoms with E-state index in [0.29, 0.717) is 5.75 Å². The molecule has 1 aromatic carbocycles. The van der Waals surface area contributed by atoms with Crippen molar-refractivity contribution in [3.8, 4) is 11.5 Å². The minimum Gasteiger partial charge on any atom is -0.504 e. The molecule has 2 N–H and O–H groups in total. The maximum atomic E-state index is 9.94. The first-order chi connectivity index (χ1) is 7.11. The van der Waals surface area contributed by atoms with Crippen molar-refractivity contribution in [3.05, 3.63) is 21.7 Å². The van der Waals surface area contributed by atoms with Crippen molar-refractivity contribution in [1.29, 1.82) is 0 Å². The second-order valence-electron chi connectivity index (χ2n) is 3.39. The molecular formula is C11H16BrNO2. The van der Waals surface area contributed by atoms with Gasteiger partial charge in [-0.25, -0.2) is 0 Å². The van der Waals surface area contributed by atoms with Crippen LogP contribution in [0.5, 0.6) is 11.5 Å². The summed E-state index contributed by atoms with van der Waals surface area (Å²) in [7, 11) is 3.45. The van der Waals surface area contributed by atoms with Gasteiger partial charge in [0.1, 0.15) is 0 Å². The minimum atomic E-state index is 0.227. The Kier molecular flexibility index (Phi) is 4.42. The van der Waals surface area contributed by atoms with E-state index < -0.39 is 0 Å². The molecule has 4 heteroatoms. The van der Waals surface area contributed by atoms with Gasteiger partial charge in [0.15, 0.2) is 11.5 Å². The summed E-state index contributed by atoms with van der Waals surface area (Å²) in [5, 5.41) is 13.0. The second-order valence-corrected chi connectivity index (χ2v) is 4.18. The quantitative estimate of drug-likeness (QED) is 0.884.